The number of esters is 1. The van der Waals surface area contributed by atoms with Crippen molar-refractivity contribution in [3.63, 3.8) is 0 Å². The van der Waals surface area contributed by atoms with Gasteiger partial charge in [0.2, 0.25) is 11.8 Å². The maximum absolute atomic E-state index is 13.8. The summed E-state index contributed by atoms with van der Waals surface area (Å²) in [5.41, 5.74) is 1.41. The molecule has 10 nitrogen and oxygen atoms in total. The summed E-state index contributed by atoms with van der Waals surface area (Å²) in [5, 5.41) is 8.76. The molecule has 1 fully saturated rings. The van der Waals surface area contributed by atoms with Crippen molar-refractivity contribution in [2.24, 2.45) is 11.8 Å². The van der Waals surface area contributed by atoms with Crippen molar-refractivity contribution in [2.45, 2.75) is 110 Å². The van der Waals surface area contributed by atoms with Crippen LogP contribution in [0.25, 0.3) is 0 Å². The maximum atomic E-state index is 13.8. The van der Waals surface area contributed by atoms with Crippen LogP contribution in [0.15, 0.2) is 35.7 Å². The number of nitrogens with one attached hydrogen (secondary N) is 2. The number of thiazole rings is 1. The number of aryl methyl sites for hydroxylation is 1. The molecule has 3 amide bonds. The third-order valence-corrected chi connectivity index (χ3v) is 10.1. The van der Waals surface area contributed by atoms with Crippen molar-refractivity contribution in [2.75, 3.05) is 27.7 Å². The molecule has 0 spiro atoms. The summed E-state index contributed by atoms with van der Waals surface area (Å²) < 4.78 is 4.91. The summed E-state index contributed by atoms with van der Waals surface area (Å²) in [6.45, 7) is 8.92. The molecule has 1 saturated heterocycles. The van der Waals surface area contributed by atoms with Crippen LogP contribution in [0.3, 0.4) is 0 Å². The largest absolute Gasteiger partial charge is 0.469 e. The van der Waals surface area contributed by atoms with E-state index in [0.717, 1.165) is 42.8 Å². The lowest BCUT2D eigenvalue weighted by atomic mass is 9.96. The van der Waals surface area contributed by atoms with Gasteiger partial charge in [-0.25, -0.2) is 4.98 Å². The quantitative estimate of drug-likeness (QED) is 0.231. The summed E-state index contributed by atoms with van der Waals surface area (Å²) in [6.07, 6.45) is 6.62. The number of rotatable bonds is 17. The Morgan fingerprint density at radius 1 is 1.09 bits per heavy atom. The number of amides is 3. The number of benzene rings is 1. The zero-order valence-electron chi connectivity index (χ0n) is 29.3. The van der Waals surface area contributed by atoms with Gasteiger partial charge in [-0.2, -0.15) is 0 Å². The number of methoxy groups -OCH3 is 1. The molecular weight excluding hydrogens is 614 g/mol. The lowest BCUT2D eigenvalue weighted by Gasteiger charge is -2.36. The number of ether oxygens (including phenoxy) is 1. The van der Waals surface area contributed by atoms with Crippen molar-refractivity contribution in [3.8, 4) is 0 Å². The second-order valence-electron chi connectivity index (χ2n) is 13.3. The summed E-state index contributed by atoms with van der Waals surface area (Å²) in [6, 6.07) is 8.77. The number of hydrogen-bond acceptors (Lipinski definition) is 8. The molecule has 1 aliphatic rings. The molecule has 1 aliphatic heterocycles. The monoisotopic (exact) mass is 669 g/mol. The van der Waals surface area contributed by atoms with E-state index >= 15 is 0 Å². The van der Waals surface area contributed by atoms with Crippen LogP contribution in [0.5, 0.6) is 0 Å². The summed E-state index contributed by atoms with van der Waals surface area (Å²) in [4.78, 5) is 60.9. The predicted octanol–water partition coefficient (Wildman–Crippen LogP) is 4.87. The highest BCUT2D eigenvalue weighted by Gasteiger charge is 2.33. The van der Waals surface area contributed by atoms with E-state index in [1.165, 1.54) is 18.4 Å². The van der Waals surface area contributed by atoms with Gasteiger partial charge in [0.05, 0.1) is 24.1 Å². The minimum Gasteiger partial charge on any atom is -0.469 e. The predicted molar refractivity (Wildman–Crippen MR) is 186 cm³/mol. The molecule has 0 aliphatic carbocycles. The second kappa shape index (κ2) is 18.9. The zero-order chi connectivity index (χ0) is 34.5. The normalized spacial score (nSPS) is 17.7. The third kappa shape index (κ3) is 11.4. The molecule has 3 rings (SSSR count). The summed E-state index contributed by atoms with van der Waals surface area (Å²) >= 11 is 1.43. The molecule has 0 unspecified atom stereocenters. The molecular formula is C36H55N5O5S. The first kappa shape index (κ1) is 38.1. The topological polar surface area (TPSA) is 121 Å². The molecule has 47 heavy (non-hydrogen) atoms. The Kier molecular flexibility index (Phi) is 15.3. The van der Waals surface area contributed by atoms with Gasteiger partial charge in [0.25, 0.3) is 5.91 Å². The fraction of sp³-hybridized carbons (Fsp3) is 0.639. The van der Waals surface area contributed by atoms with Crippen LogP contribution in [0.1, 0.15) is 93.7 Å². The molecule has 11 heteroatoms. The van der Waals surface area contributed by atoms with Gasteiger partial charge in [-0.1, -0.05) is 70.9 Å². The van der Waals surface area contributed by atoms with Crippen molar-refractivity contribution in [3.05, 3.63) is 52.0 Å². The van der Waals surface area contributed by atoms with Crippen molar-refractivity contribution in [1.29, 1.82) is 0 Å². The van der Waals surface area contributed by atoms with E-state index in [9.17, 15) is 19.2 Å². The molecule has 0 saturated carbocycles. The number of likely N-dealkylation sites (N-methyl/N-ethyl adjacent to an activating group) is 2. The van der Waals surface area contributed by atoms with E-state index in [-0.39, 0.29) is 53.7 Å². The SMILES string of the molecule is CCC[C@H](NC(=O)[C@H]1CCCCN1C)C(=O)N(C)[C@H](CCc1nc(C(=O)N[C@@H](Cc2ccccc2)C[C@H](C)C(=O)OC)cs1)C(C)C. The van der Waals surface area contributed by atoms with Crippen LogP contribution in [-0.4, -0.2) is 90.4 Å². The number of nitrogens with zero attached hydrogens (tertiary/aromatic N) is 3. The Balaban J connectivity index is 1.63. The first-order valence-corrected chi connectivity index (χ1v) is 18.0. The van der Waals surface area contributed by atoms with Gasteiger partial charge >= 0.3 is 5.97 Å². The van der Waals surface area contributed by atoms with Crippen LogP contribution in [-0.2, 0) is 32.0 Å². The summed E-state index contributed by atoms with van der Waals surface area (Å²) in [7, 11) is 5.18. The Bertz CT molecular complexity index is 1300. The minimum atomic E-state index is -0.560. The highest BCUT2D eigenvalue weighted by molar-refractivity contribution is 7.09. The van der Waals surface area contributed by atoms with Gasteiger partial charge in [-0.05, 0) is 63.6 Å². The molecule has 260 valence electrons. The van der Waals surface area contributed by atoms with Gasteiger partial charge in [0.15, 0.2) is 0 Å². The number of hydrogen-bond donors (Lipinski definition) is 2. The fourth-order valence-corrected chi connectivity index (χ4v) is 7.27. The second-order valence-corrected chi connectivity index (χ2v) is 14.2. The van der Waals surface area contributed by atoms with E-state index < -0.39 is 6.04 Å². The fourth-order valence-electron chi connectivity index (χ4n) is 6.48. The Morgan fingerprint density at radius 3 is 2.45 bits per heavy atom. The van der Waals surface area contributed by atoms with Crippen LogP contribution < -0.4 is 10.6 Å². The van der Waals surface area contributed by atoms with Gasteiger partial charge in [0.1, 0.15) is 11.7 Å². The van der Waals surface area contributed by atoms with E-state index in [1.807, 2.05) is 51.4 Å². The standard InChI is InChI=1S/C36H55N5O5S/c1-8-14-28(39-34(43)31-17-12-13-20-40(31)5)35(44)41(6)30(24(2)3)18-19-32-38-29(23-47-32)33(42)37-27(21-25(4)36(45)46-7)22-26-15-10-9-11-16-26/h9-11,15-16,23-25,27-28,30-31H,8,12-14,17-22H2,1-7H3,(H,37,42)(H,39,43)/t25-,27+,28-,30+,31+/m0/s1. The first-order valence-electron chi connectivity index (χ1n) is 17.1. The number of piperidine rings is 1. The van der Waals surface area contributed by atoms with Crippen molar-refractivity contribution >= 4 is 35.0 Å². The number of likely N-dealkylation sites (tertiary alicyclic amines) is 1. The molecule has 1 aromatic heterocycles. The van der Waals surface area contributed by atoms with Gasteiger partial charge < -0.3 is 20.3 Å². The van der Waals surface area contributed by atoms with E-state index in [4.69, 9.17) is 4.74 Å². The van der Waals surface area contributed by atoms with E-state index in [1.54, 1.807) is 17.2 Å². The molecule has 2 aromatic rings. The van der Waals surface area contributed by atoms with E-state index in [2.05, 4.69) is 34.4 Å². The van der Waals surface area contributed by atoms with E-state index in [0.29, 0.717) is 37.8 Å². The zero-order valence-corrected chi connectivity index (χ0v) is 30.1. The Labute approximate surface area is 285 Å². The lowest BCUT2D eigenvalue weighted by Crippen LogP contribution is -2.56. The average molecular weight is 670 g/mol. The molecule has 2 heterocycles. The maximum Gasteiger partial charge on any atom is 0.308 e. The van der Waals surface area contributed by atoms with Crippen molar-refractivity contribution < 1.29 is 23.9 Å². The molecule has 5 atom stereocenters. The van der Waals surface area contributed by atoms with Gasteiger partial charge in [-0.3, -0.25) is 24.1 Å². The van der Waals surface area contributed by atoms with Crippen LogP contribution in [0, 0.1) is 11.8 Å². The third-order valence-electron chi connectivity index (χ3n) is 9.22. The highest BCUT2D eigenvalue weighted by atomic mass is 32.1. The Hall–Kier alpha value is -3.31. The molecule has 1 aromatic carbocycles. The van der Waals surface area contributed by atoms with Crippen LogP contribution in [0.2, 0.25) is 0 Å². The smallest absolute Gasteiger partial charge is 0.308 e. The van der Waals surface area contributed by atoms with Gasteiger partial charge in [-0.15, -0.1) is 11.3 Å². The lowest BCUT2D eigenvalue weighted by molar-refractivity contribution is -0.145. The summed E-state index contributed by atoms with van der Waals surface area (Å²) in [5.74, 6) is -0.900. The average Bonchev–Trinajstić information content (AvgIpc) is 3.53. The van der Waals surface area contributed by atoms with Gasteiger partial charge in [0, 0.05) is 30.9 Å². The minimum absolute atomic E-state index is 0.0622. The molecule has 0 radical (unpaired) electrons. The number of aromatic nitrogens is 1. The highest BCUT2D eigenvalue weighted by Crippen LogP contribution is 2.22. The van der Waals surface area contributed by atoms with Crippen molar-refractivity contribution in [1.82, 2.24) is 25.4 Å². The number of carbonyl (C=O) groups is 4. The number of carbonyl (C=O) groups excluding carboxylic acids is 4. The first-order chi connectivity index (χ1) is 22.4. The Morgan fingerprint density at radius 2 is 1.81 bits per heavy atom. The molecule has 2 N–H and O–H groups in total. The van der Waals surface area contributed by atoms with Crippen LogP contribution >= 0.6 is 11.3 Å². The molecule has 0 bridgehead atoms. The van der Waals surface area contributed by atoms with Crippen LogP contribution in [0.4, 0.5) is 0 Å².